The molecule has 15 nitrogen and oxygen atoms in total. The van der Waals surface area contributed by atoms with Crippen LogP contribution < -0.4 is 0 Å². The van der Waals surface area contributed by atoms with Crippen LogP contribution in [0.1, 0.15) is 13.3 Å². The Morgan fingerprint density at radius 3 is 2.11 bits per heavy atom. The van der Waals surface area contributed by atoms with Crippen molar-refractivity contribution in [3.63, 3.8) is 0 Å². The fraction of sp³-hybridized carbons (Fsp3) is 0.864. The van der Waals surface area contributed by atoms with Crippen molar-refractivity contribution in [1.29, 1.82) is 0 Å². The molecule has 4 rings (SSSR count). The summed E-state index contributed by atoms with van der Waals surface area (Å²) in [5, 5.41) is 90.3. The van der Waals surface area contributed by atoms with Crippen LogP contribution in [0.25, 0.3) is 0 Å². The molecule has 0 radical (unpaired) electrons. The summed E-state index contributed by atoms with van der Waals surface area (Å²) in [5.41, 5.74) is -0.0281. The van der Waals surface area contributed by atoms with Crippen LogP contribution in [0.4, 0.5) is 0 Å². The molecule has 15 heteroatoms. The van der Waals surface area contributed by atoms with Crippen LogP contribution in [0, 0.1) is 17.8 Å². The van der Waals surface area contributed by atoms with Crippen LogP contribution in [-0.4, -0.2) is 139 Å². The summed E-state index contributed by atoms with van der Waals surface area (Å²) in [6.45, 7) is 0.486. The van der Waals surface area contributed by atoms with Gasteiger partial charge in [0, 0.05) is 11.8 Å². The standard InChI is InChI=1S/C22H34O15/c1-6-9(24)2-7-8(19(31)32)4-33-20(12(6)7)37-22-18(30)16(28)14(26)11(36-22)5-34-21-17(29)15(27)13(25)10(3-23)35-21/h4,6-7,9-18,20-30H,2-3,5H2,1H3,(H,31,32)/t6-,7+,9-,10+,11+,12+,13+,14+,15-,16-,17+,18+,20-,21-,22-/m0/s1. The van der Waals surface area contributed by atoms with Crippen molar-refractivity contribution in [3.05, 3.63) is 11.8 Å². The quantitative estimate of drug-likeness (QED) is 0.148. The van der Waals surface area contributed by atoms with E-state index in [1.165, 1.54) is 0 Å². The van der Waals surface area contributed by atoms with Gasteiger partial charge in [0.1, 0.15) is 48.8 Å². The smallest absolute Gasteiger partial charge is 0.334 e. The summed E-state index contributed by atoms with van der Waals surface area (Å²) < 4.78 is 27.5. The van der Waals surface area contributed by atoms with Gasteiger partial charge < -0.3 is 69.6 Å². The SMILES string of the molecule is C[C@@H]1[C@H]2[C@H](O[C@@H]3O[C@H](CO[C@H]4O[C@H](CO)[C@@H](O)[C@H](O)[C@H]4O)[C@@H](O)[C@H](O)[C@H]3O)OC=C(C(=O)O)[C@H]2C[C@@H]1O. The fourth-order valence-corrected chi connectivity index (χ4v) is 5.37. The molecule has 15 atom stereocenters. The molecule has 212 valence electrons. The zero-order chi connectivity index (χ0) is 27.2. The summed E-state index contributed by atoms with van der Waals surface area (Å²) in [7, 11) is 0. The Hall–Kier alpha value is -1.47. The molecule has 37 heavy (non-hydrogen) atoms. The van der Waals surface area contributed by atoms with Crippen LogP contribution in [-0.2, 0) is 28.5 Å². The maximum absolute atomic E-state index is 11.6. The molecule has 1 aliphatic carbocycles. The zero-order valence-corrected chi connectivity index (χ0v) is 19.8. The van der Waals surface area contributed by atoms with E-state index in [2.05, 4.69) is 0 Å². The fourth-order valence-electron chi connectivity index (χ4n) is 5.37. The first-order valence-electron chi connectivity index (χ1n) is 12.0. The van der Waals surface area contributed by atoms with E-state index >= 15 is 0 Å². The van der Waals surface area contributed by atoms with E-state index in [9.17, 15) is 50.8 Å². The van der Waals surface area contributed by atoms with Gasteiger partial charge in [0.15, 0.2) is 12.6 Å². The molecule has 0 unspecified atom stereocenters. The van der Waals surface area contributed by atoms with E-state index in [1.54, 1.807) is 6.92 Å². The molecule has 9 N–H and O–H groups in total. The van der Waals surface area contributed by atoms with Gasteiger partial charge in [-0.15, -0.1) is 0 Å². The molecular weight excluding hydrogens is 504 g/mol. The third-order valence-electron chi connectivity index (χ3n) is 7.67. The first-order chi connectivity index (χ1) is 17.5. The summed E-state index contributed by atoms with van der Waals surface area (Å²) in [6, 6.07) is 0. The van der Waals surface area contributed by atoms with Crippen LogP contribution in [0.3, 0.4) is 0 Å². The minimum Gasteiger partial charge on any atom is -0.478 e. The van der Waals surface area contributed by atoms with Gasteiger partial charge in [0.05, 0.1) is 31.2 Å². The Balaban J connectivity index is 1.44. The predicted octanol–water partition coefficient (Wildman–Crippen LogP) is -4.41. The number of carboxylic acid groups (broad SMARTS) is 1. The third-order valence-corrected chi connectivity index (χ3v) is 7.67. The Bertz CT molecular complexity index is 837. The number of aliphatic hydroxyl groups excluding tert-OH is 8. The highest BCUT2D eigenvalue weighted by Gasteiger charge is 2.53. The third kappa shape index (κ3) is 5.36. The molecule has 3 fully saturated rings. The second-order valence-electron chi connectivity index (χ2n) is 9.91. The van der Waals surface area contributed by atoms with E-state index in [4.69, 9.17) is 23.7 Å². The minimum atomic E-state index is -1.77. The molecule has 0 aromatic carbocycles. The number of fused-ring (bicyclic) bond motifs is 1. The van der Waals surface area contributed by atoms with E-state index in [0.717, 1.165) is 6.26 Å². The number of carbonyl (C=O) groups is 1. The molecule has 3 heterocycles. The average Bonchev–Trinajstić information content (AvgIpc) is 3.17. The molecule has 0 bridgehead atoms. The minimum absolute atomic E-state index is 0.0281. The van der Waals surface area contributed by atoms with Gasteiger partial charge in [-0.3, -0.25) is 0 Å². The second-order valence-corrected chi connectivity index (χ2v) is 9.91. The van der Waals surface area contributed by atoms with Gasteiger partial charge in [-0.2, -0.15) is 0 Å². The number of hydrogen-bond acceptors (Lipinski definition) is 14. The number of aliphatic hydroxyl groups is 8. The van der Waals surface area contributed by atoms with Gasteiger partial charge in [-0.25, -0.2) is 4.79 Å². The lowest BCUT2D eigenvalue weighted by Crippen LogP contribution is -2.62. The zero-order valence-electron chi connectivity index (χ0n) is 19.8. The summed E-state index contributed by atoms with van der Waals surface area (Å²) in [5.74, 6) is -2.84. The van der Waals surface area contributed by atoms with Crippen LogP contribution >= 0.6 is 0 Å². The lowest BCUT2D eigenvalue weighted by atomic mass is 9.83. The van der Waals surface area contributed by atoms with Gasteiger partial charge >= 0.3 is 5.97 Å². The molecular formula is C22H34O15. The van der Waals surface area contributed by atoms with E-state index in [0.29, 0.717) is 0 Å². The summed E-state index contributed by atoms with van der Waals surface area (Å²) in [6.07, 6.45) is -16.7. The van der Waals surface area contributed by atoms with Crippen molar-refractivity contribution in [2.24, 2.45) is 17.8 Å². The second kappa shape index (κ2) is 11.3. The highest BCUT2D eigenvalue weighted by atomic mass is 16.8. The predicted molar refractivity (Wildman–Crippen MR) is 115 cm³/mol. The summed E-state index contributed by atoms with van der Waals surface area (Å²) >= 11 is 0. The molecule has 3 aliphatic heterocycles. The number of carboxylic acids is 1. The maximum atomic E-state index is 11.6. The van der Waals surface area contributed by atoms with Gasteiger partial charge in [-0.1, -0.05) is 6.92 Å². The van der Waals surface area contributed by atoms with Crippen molar-refractivity contribution in [1.82, 2.24) is 0 Å². The monoisotopic (exact) mass is 538 g/mol. The Labute approximate surface area is 211 Å². The molecule has 2 saturated heterocycles. The topological polar surface area (TPSA) is 245 Å². The number of aliphatic carboxylic acids is 1. The molecule has 0 amide bonds. The Morgan fingerprint density at radius 1 is 0.892 bits per heavy atom. The van der Waals surface area contributed by atoms with E-state index < -0.39 is 111 Å². The van der Waals surface area contributed by atoms with Crippen molar-refractivity contribution >= 4 is 5.97 Å². The first kappa shape index (κ1) is 28.5. The number of rotatable bonds is 7. The van der Waals surface area contributed by atoms with Crippen LogP contribution in [0.2, 0.25) is 0 Å². The summed E-state index contributed by atoms with van der Waals surface area (Å²) in [4.78, 5) is 11.6. The van der Waals surface area contributed by atoms with E-state index in [1.807, 2.05) is 0 Å². The lowest BCUT2D eigenvalue weighted by Gasteiger charge is -2.44. The normalized spacial score (nSPS) is 50.2. The highest BCUT2D eigenvalue weighted by molar-refractivity contribution is 5.87. The van der Waals surface area contributed by atoms with Crippen LogP contribution in [0.15, 0.2) is 11.8 Å². The highest BCUT2D eigenvalue weighted by Crippen LogP contribution is 2.47. The Morgan fingerprint density at radius 2 is 1.49 bits per heavy atom. The number of hydrogen-bond donors (Lipinski definition) is 9. The van der Waals surface area contributed by atoms with Gasteiger partial charge in [-0.05, 0) is 12.3 Å². The van der Waals surface area contributed by atoms with Gasteiger partial charge in [0.2, 0.25) is 6.29 Å². The first-order valence-corrected chi connectivity index (χ1v) is 12.0. The molecule has 0 spiro atoms. The molecule has 4 aliphatic rings. The largest absolute Gasteiger partial charge is 0.478 e. The Kier molecular flexibility index (Phi) is 8.74. The van der Waals surface area contributed by atoms with Gasteiger partial charge in [0.25, 0.3) is 0 Å². The molecule has 0 aromatic heterocycles. The molecule has 1 saturated carbocycles. The van der Waals surface area contributed by atoms with Crippen molar-refractivity contribution in [2.45, 2.75) is 87.2 Å². The van der Waals surface area contributed by atoms with Crippen molar-refractivity contribution in [2.75, 3.05) is 13.2 Å². The average molecular weight is 538 g/mol. The maximum Gasteiger partial charge on any atom is 0.334 e. The molecule has 0 aromatic rings. The van der Waals surface area contributed by atoms with Crippen molar-refractivity contribution in [3.8, 4) is 0 Å². The number of ether oxygens (including phenoxy) is 5. The van der Waals surface area contributed by atoms with Crippen LogP contribution in [0.5, 0.6) is 0 Å². The van der Waals surface area contributed by atoms with E-state index in [-0.39, 0.29) is 12.0 Å². The van der Waals surface area contributed by atoms with Crippen molar-refractivity contribution < 1.29 is 74.4 Å². The lowest BCUT2D eigenvalue weighted by molar-refractivity contribution is -0.354.